The fourth-order valence-corrected chi connectivity index (χ4v) is 4.80. The maximum Gasteiger partial charge on any atom is 0.398 e. The van der Waals surface area contributed by atoms with E-state index >= 15 is 0 Å². The van der Waals surface area contributed by atoms with Crippen LogP contribution in [0.25, 0.3) is 0 Å². The van der Waals surface area contributed by atoms with E-state index in [1.165, 1.54) is 13.8 Å². The number of benzene rings is 2. The van der Waals surface area contributed by atoms with Crippen molar-refractivity contribution in [2.75, 3.05) is 11.0 Å². The summed E-state index contributed by atoms with van der Waals surface area (Å²) >= 11 is 0. The van der Waals surface area contributed by atoms with Gasteiger partial charge >= 0.3 is 6.18 Å². The number of halogens is 7. The van der Waals surface area contributed by atoms with E-state index in [2.05, 4.69) is 5.32 Å². The summed E-state index contributed by atoms with van der Waals surface area (Å²) in [7, 11) is -3.95. The van der Waals surface area contributed by atoms with Gasteiger partial charge in [-0.2, -0.15) is 13.2 Å². The lowest BCUT2D eigenvalue weighted by Crippen LogP contribution is -2.38. The molecule has 0 bridgehead atoms. The van der Waals surface area contributed by atoms with E-state index < -0.39 is 79.4 Å². The highest BCUT2D eigenvalue weighted by Crippen LogP contribution is 2.55. The van der Waals surface area contributed by atoms with Gasteiger partial charge in [-0.15, -0.1) is 0 Å². The monoisotopic (exact) mass is 554 g/mol. The lowest BCUT2D eigenvalue weighted by molar-refractivity contribution is -0.181. The Bertz CT molecular complexity index is 1310. The van der Waals surface area contributed by atoms with Crippen LogP contribution < -0.4 is 10.0 Å². The molecule has 2 N–H and O–H groups in total. The van der Waals surface area contributed by atoms with Crippen molar-refractivity contribution in [3.63, 3.8) is 0 Å². The Morgan fingerprint density at radius 3 is 1.92 bits per heavy atom. The topological polar surface area (TPSA) is 75.3 Å². The van der Waals surface area contributed by atoms with Gasteiger partial charge in [-0.25, -0.2) is 26.0 Å². The lowest BCUT2D eigenvalue weighted by Gasteiger charge is -2.29. The van der Waals surface area contributed by atoms with Crippen molar-refractivity contribution in [1.29, 1.82) is 0 Å². The SMILES string of the molecule is C[C@@H](NC(=O)C1CC1(C)c1cc(F)c(C(C)(C)C(F)(F)F)c(F)c1)c1cc(F)c(NS(C)(=O)=O)c(F)c1. The molecule has 3 atom stereocenters. The third-order valence-electron chi connectivity index (χ3n) is 6.80. The molecule has 3 rings (SSSR count). The summed E-state index contributed by atoms with van der Waals surface area (Å²) in [5.74, 6) is -6.58. The molecule has 37 heavy (non-hydrogen) atoms. The first-order valence-corrected chi connectivity index (χ1v) is 12.9. The molecule has 1 saturated carbocycles. The van der Waals surface area contributed by atoms with Gasteiger partial charge in [-0.05, 0) is 62.6 Å². The highest BCUT2D eigenvalue weighted by atomic mass is 32.2. The van der Waals surface area contributed by atoms with Crippen molar-refractivity contribution in [3.05, 3.63) is 64.2 Å². The zero-order chi connectivity index (χ0) is 28.3. The molecule has 0 heterocycles. The van der Waals surface area contributed by atoms with Gasteiger partial charge < -0.3 is 5.32 Å². The Labute approximate surface area is 209 Å². The van der Waals surface area contributed by atoms with Crippen molar-refractivity contribution in [1.82, 2.24) is 5.32 Å². The number of nitrogens with one attached hydrogen (secondary N) is 2. The Kier molecular flexibility index (Phi) is 7.13. The lowest BCUT2D eigenvalue weighted by atomic mass is 9.81. The van der Waals surface area contributed by atoms with E-state index in [4.69, 9.17) is 0 Å². The summed E-state index contributed by atoms with van der Waals surface area (Å²) in [4.78, 5) is 12.8. The normalized spacial score (nSPS) is 20.9. The fourth-order valence-electron chi connectivity index (χ4n) is 4.23. The summed E-state index contributed by atoms with van der Waals surface area (Å²) in [6.07, 6.45) is -4.06. The van der Waals surface area contributed by atoms with Crippen LogP contribution in [0.3, 0.4) is 0 Å². The van der Waals surface area contributed by atoms with E-state index in [1.54, 1.807) is 4.72 Å². The number of hydrogen-bond acceptors (Lipinski definition) is 3. The molecule has 0 saturated heterocycles. The van der Waals surface area contributed by atoms with Gasteiger partial charge in [0.05, 0.1) is 17.7 Å². The fraction of sp³-hybridized carbons (Fsp3) is 0.458. The molecular weight excluding hydrogens is 529 g/mol. The van der Waals surface area contributed by atoms with Crippen molar-refractivity contribution >= 4 is 21.6 Å². The van der Waals surface area contributed by atoms with Crippen LogP contribution in [0.15, 0.2) is 24.3 Å². The minimum Gasteiger partial charge on any atom is -0.349 e. The maximum absolute atomic E-state index is 14.7. The number of carbonyl (C=O) groups is 1. The van der Waals surface area contributed by atoms with E-state index in [0.717, 1.165) is 30.5 Å². The quantitative estimate of drug-likeness (QED) is 0.437. The molecule has 0 spiro atoms. The Hall–Kier alpha value is -2.83. The van der Waals surface area contributed by atoms with Gasteiger partial charge in [0, 0.05) is 16.9 Å². The average Bonchev–Trinajstić information content (AvgIpc) is 3.41. The molecule has 0 radical (unpaired) electrons. The van der Waals surface area contributed by atoms with Gasteiger partial charge in [-0.1, -0.05) is 6.92 Å². The third kappa shape index (κ3) is 5.55. The molecule has 1 aliphatic rings. The van der Waals surface area contributed by atoms with Gasteiger partial charge in [0.1, 0.15) is 17.3 Å². The van der Waals surface area contributed by atoms with Crippen LogP contribution >= 0.6 is 0 Å². The first kappa shape index (κ1) is 28.7. The average molecular weight is 555 g/mol. The van der Waals surface area contributed by atoms with E-state index in [1.807, 2.05) is 0 Å². The highest BCUT2D eigenvalue weighted by Gasteiger charge is 2.57. The van der Waals surface area contributed by atoms with Crippen LogP contribution in [0.1, 0.15) is 56.8 Å². The molecule has 1 aliphatic carbocycles. The van der Waals surface area contributed by atoms with Crippen LogP contribution in [-0.2, 0) is 25.6 Å². The number of amides is 1. The summed E-state index contributed by atoms with van der Waals surface area (Å²) in [5.41, 5.74) is -5.87. The van der Waals surface area contributed by atoms with E-state index in [-0.39, 0.29) is 17.5 Å². The molecule has 1 amide bonds. The van der Waals surface area contributed by atoms with Crippen molar-refractivity contribution in [2.24, 2.45) is 5.92 Å². The predicted octanol–water partition coefficient (Wildman–Crippen LogP) is 5.61. The maximum atomic E-state index is 14.7. The number of alkyl halides is 3. The molecular formula is C24H25F7N2O3S. The zero-order valence-electron chi connectivity index (χ0n) is 20.4. The molecule has 1 fully saturated rings. The molecule has 0 aromatic heterocycles. The summed E-state index contributed by atoms with van der Waals surface area (Å²) < 4.78 is 122. The minimum absolute atomic E-state index is 0.00492. The number of rotatable bonds is 7. The first-order chi connectivity index (χ1) is 16.7. The van der Waals surface area contributed by atoms with Crippen molar-refractivity contribution < 1.29 is 43.9 Å². The Morgan fingerprint density at radius 2 is 1.49 bits per heavy atom. The Morgan fingerprint density at radius 1 is 1.00 bits per heavy atom. The van der Waals surface area contributed by atoms with Gasteiger partial charge in [-0.3, -0.25) is 9.52 Å². The number of anilines is 1. The van der Waals surface area contributed by atoms with Crippen molar-refractivity contribution in [2.45, 2.75) is 57.2 Å². The van der Waals surface area contributed by atoms with Gasteiger partial charge in [0.15, 0.2) is 11.6 Å². The Balaban J connectivity index is 1.79. The largest absolute Gasteiger partial charge is 0.398 e. The summed E-state index contributed by atoms with van der Waals surface area (Å²) in [6, 6.07) is 2.35. The van der Waals surface area contributed by atoms with Gasteiger partial charge in [0.2, 0.25) is 15.9 Å². The second-order valence-corrected chi connectivity index (χ2v) is 11.8. The van der Waals surface area contributed by atoms with Crippen LogP contribution in [0, 0.1) is 29.2 Å². The summed E-state index contributed by atoms with van der Waals surface area (Å²) in [6.45, 7) is 4.28. The van der Waals surface area contributed by atoms with Crippen molar-refractivity contribution in [3.8, 4) is 0 Å². The number of sulfonamides is 1. The zero-order valence-corrected chi connectivity index (χ0v) is 21.3. The molecule has 204 valence electrons. The van der Waals surface area contributed by atoms with E-state index in [9.17, 15) is 43.9 Å². The van der Waals surface area contributed by atoms with Gasteiger partial charge in [0.25, 0.3) is 0 Å². The number of hydrogen-bond donors (Lipinski definition) is 2. The molecule has 2 unspecified atom stereocenters. The highest BCUT2D eigenvalue weighted by molar-refractivity contribution is 7.92. The molecule has 13 heteroatoms. The molecule has 2 aromatic rings. The number of carbonyl (C=O) groups excluding carboxylic acids is 1. The third-order valence-corrected chi connectivity index (χ3v) is 7.37. The molecule has 0 aliphatic heterocycles. The van der Waals surface area contributed by atoms with Crippen LogP contribution in [0.5, 0.6) is 0 Å². The van der Waals surface area contributed by atoms with Crippen LogP contribution in [-0.4, -0.2) is 26.8 Å². The van der Waals surface area contributed by atoms with Crippen LogP contribution in [0.4, 0.5) is 36.4 Å². The first-order valence-electron chi connectivity index (χ1n) is 11.0. The standard InChI is InChI=1S/C24H25F7N2O3S/c1-11(12-6-17(27)20(18(28)7-12)33-37(5,35)36)32-21(34)14-10-23(14,4)13-8-15(25)19(16(26)9-13)22(2,3)24(29,30)31/h6-9,11,14,33H,10H2,1-5H3,(H,32,34)/t11-,14?,23?/m1/s1. The second-order valence-electron chi connectivity index (χ2n) is 10.1. The smallest absolute Gasteiger partial charge is 0.349 e. The second kappa shape index (κ2) is 9.17. The minimum atomic E-state index is -4.91. The molecule has 5 nitrogen and oxygen atoms in total. The van der Waals surface area contributed by atoms with Crippen LogP contribution in [0.2, 0.25) is 0 Å². The molecule has 2 aromatic carbocycles. The van der Waals surface area contributed by atoms with E-state index in [0.29, 0.717) is 13.8 Å². The predicted molar refractivity (Wildman–Crippen MR) is 122 cm³/mol. The summed E-state index contributed by atoms with van der Waals surface area (Å²) in [5, 5.41) is 2.54.